The minimum atomic E-state index is -0.00639. The van der Waals surface area contributed by atoms with Crippen LogP contribution in [0.25, 0.3) is 61.1 Å². The average molecular weight is 854 g/mol. The van der Waals surface area contributed by atoms with Crippen molar-refractivity contribution in [3.05, 3.63) is 121 Å². The van der Waals surface area contributed by atoms with Crippen LogP contribution in [0.5, 0.6) is 0 Å². The summed E-state index contributed by atoms with van der Waals surface area (Å²) < 4.78 is 2.35. The van der Waals surface area contributed by atoms with Crippen LogP contribution >= 0.6 is 0 Å². The Hall–Kier alpha value is -4.31. The molecule has 5 aromatic carbocycles. The zero-order chi connectivity index (χ0) is 35.6. The van der Waals surface area contributed by atoms with Gasteiger partial charge in [-0.25, -0.2) is 0 Å². The number of benzene rings is 5. The Morgan fingerprint density at radius 3 is 1.98 bits per heavy atom. The van der Waals surface area contributed by atoms with Crippen LogP contribution in [0, 0.1) is 17.9 Å². The Kier molecular flexibility index (Phi) is 11.8. The number of rotatable bonds is 8. The van der Waals surface area contributed by atoms with Gasteiger partial charge < -0.3 is 9.67 Å². The van der Waals surface area contributed by atoms with E-state index < -0.39 is 0 Å². The minimum Gasteiger partial charge on any atom is -0.512 e. The number of aliphatic hydroxyl groups excluding tert-OH is 1. The second-order valence-corrected chi connectivity index (χ2v) is 14.4. The van der Waals surface area contributed by atoms with Crippen molar-refractivity contribution in [2.75, 3.05) is 0 Å². The maximum atomic E-state index is 11.7. The number of para-hydroxylation sites is 2. The zero-order valence-corrected chi connectivity index (χ0v) is 33.3. The van der Waals surface area contributed by atoms with Crippen molar-refractivity contribution in [2.24, 2.45) is 11.8 Å². The maximum Gasteiger partial charge on any atom is 0.162 e. The molecule has 51 heavy (non-hydrogen) atoms. The summed E-state index contributed by atoms with van der Waals surface area (Å²) in [6.45, 7) is 14.9. The van der Waals surface area contributed by atoms with Crippen LogP contribution in [0.1, 0.15) is 79.7 Å². The van der Waals surface area contributed by atoms with E-state index in [-0.39, 0.29) is 48.9 Å². The van der Waals surface area contributed by atoms with Gasteiger partial charge in [-0.2, -0.15) is 0 Å². The van der Waals surface area contributed by atoms with Crippen molar-refractivity contribution >= 4 is 27.6 Å². The third-order valence-corrected chi connectivity index (χ3v) is 10.2. The molecule has 5 heteroatoms. The number of hydrogen-bond donors (Lipinski definition) is 1. The van der Waals surface area contributed by atoms with Gasteiger partial charge in [-0.1, -0.05) is 132 Å². The Balaban J connectivity index is 0.000000271. The largest absolute Gasteiger partial charge is 0.512 e. The third-order valence-electron chi connectivity index (χ3n) is 10.2. The smallest absolute Gasteiger partial charge is 0.162 e. The van der Waals surface area contributed by atoms with Gasteiger partial charge >= 0.3 is 0 Å². The quantitative estimate of drug-likeness (QED) is 0.0941. The first-order valence-corrected chi connectivity index (χ1v) is 18.2. The first-order chi connectivity index (χ1) is 24.1. The summed E-state index contributed by atoms with van der Waals surface area (Å²) in [4.78, 5) is 16.9. The average Bonchev–Trinajstić information content (AvgIpc) is 3.46. The molecule has 1 aliphatic heterocycles. The molecule has 0 bridgehead atoms. The van der Waals surface area contributed by atoms with E-state index in [9.17, 15) is 9.90 Å². The van der Waals surface area contributed by atoms with Gasteiger partial charge in [-0.3, -0.25) is 9.78 Å². The first kappa shape index (κ1) is 37.9. The van der Waals surface area contributed by atoms with Crippen LogP contribution in [0.4, 0.5) is 0 Å². The number of ketones is 1. The molecule has 0 saturated heterocycles. The number of fused-ring (bicyclic) bond motifs is 6. The summed E-state index contributed by atoms with van der Waals surface area (Å²) in [6, 6.07) is 38.5. The molecule has 265 valence electrons. The van der Waals surface area contributed by atoms with Gasteiger partial charge in [0.15, 0.2) is 5.78 Å². The first-order valence-electron chi connectivity index (χ1n) is 18.2. The summed E-state index contributed by atoms with van der Waals surface area (Å²) in [5.74, 6) is 1.48. The van der Waals surface area contributed by atoms with Crippen molar-refractivity contribution in [3.63, 3.8) is 0 Å². The molecule has 6 aromatic rings. The van der Waals surface area contributed by atoms with Crippen LogP contribution in [0.3, 0.4) is 0 Å². The molecule has 0 fully saturated rings. The van der Waals surface area contributed by atoms with Crippen molar-refractivity contribution in [3.8, 4) is 39.3 Å². The fourth-order valence-corrected chi connectivity index (χ4v) is 7.36. The van der Waals surface area contributed by atoms with E-state index in [1.165, 1.54) is 39.3 Å². The van der Waals surface area contributed by atoms with E-state index in [0.717, 1.165) is 59.2 Å². The SMILES string of the molecule is CC(C)(C)c1cc(-c2nc3cccc4c3n2-c2ccccc2-c2ccccc2-4)[c-]c2ccccc12.CCC(CC)C(=O)/C=C(\O)C(CC)CC.[Ir]. The van der Waals surface area contributed by atoms with Crippen molar-refractivity contribution < 1.29 is 30.0 Å². The molecule has 1 radical (unpaired) electrons. The Labute approximate surface area is 317 Å². The number of carbonyl (C=O) groups excluding carboxylic acids is 1. The van der Waals surface area contributed by atoms with E-state index in [1.807, 2.05) is 27.7 Å². The Morgan fingerprint density at radius 1 is 0.765 bits per heavy atom. The van der Waals surface area contributed by atoms with Crippen molar-refractivity contribution in [1.29, 1.82) is 0 Å². The fourth-order valence-electron chi connectivity index (χ4n) is 7.36. The summed E-state index contributed by atoms with van der Waals surface area (Å²) in [5, 5.41) is 12.1. The molecule has 1 N–H and O–H groups in total. The van der Waals surface area contributed by atoms with Crippen LogP contribution in [0.2, 0.25) is 0 Å². The summed E-state index contributed by atoms with van der Waals surface area (Å²) in [5.41, 5.74) is 10.6. The second-order valence-electron chi connectivity index (χ2n) is 14.4. The Morgan fingerprint density at radius 2 is 1.33 bits per heavy atom. The number of allylic oxidation sites excluding steroid dienone is 2. The predicted octanol–water partition coefficient (Wildman–Crippen LogP) is 12.5. The zero-order valence-electron chi connectivity index (χ0n) is 30.9. The van der Waals surface area contributed by atoms with E-state index >= 15 is 0 Å². The number of carbonyl (C=O) groups is 1. The van der Waals surface area contributed by atoms with Crippen LogP contribution in [-0.2, 0) is 30.3 Å². The molecular weight excluding hydrogens is 805 g/mol. The second kappa shape index (κ2) is 15.9. The van der Waals surface area contributed by atoms with Gasteiger partial charge in [0, 0.05) is 54.8 Å². The van der Waals surface area contributed by atoms with Gasteiger partial charge in [0.25, 0.3) is 0 Å². The summed E-state index contributed by atoms with van der Waals surface area (Å²) >= 11 is 0. The molecular formula is C46H49IrN2O2-. The van der Waals surface area contributed by atoms with Crippen LogP contribution < -0.4 is 0 Å². The van der Waals surface area contributed by atoms with Gasteiger partial charge in [-0.15, -0.1) is 29.1 Å². The summed E-state index contributed by atoms with van der Waals surface area (Å²) in [7, 11) is 0. The molecule has 0 saturated carbocycles. The number of aromatic nitrogens is 2. The van der Waals surface area contributed by atoms with E-state index in [1.54, 1.807) is 0 Å². The molecule has 7 rings (SSSR count). The number of imidazole rings is 1. The number of hydrogen-bond acceptors (Lipinski definition) is 3. The fraction of sp³-hybridized carbons (Fsp3) is 0.304. The topological polar surface area (TPSA) is 55.1 Å². The van der Waals surface area contributed by atoms with Crippen LogP contribution in [0.15, 0.2) is 109 Å². The molecule has 1 aliphatic rings. The monoisotopic (exact) mass is 854 g/mol. The molecule has 4 nitrogen and oxygen atoms in total. The standard InChI is InChI=1S/C33H25N2.C13H24O2.Ir/c1-33(2,3)28-20-22(19-21-11-4-5-12-23(21)28)32-34-29-17-10-16-27-25-14-7-6-13-24(25)26-15-8-9-18-30(26)35(32)31(27)29;1-5-10(6-2)12(14)9-13(15)11(7-3)8-4;/h4-18,20H,1-3H3;9-11,14H,5-8H2,1-4H3;/q-1;;/b;12-9-;. The molecule has 0 aliphatic carbocycles. The van der Waals surface area contributed by atoms with Gasteiger partial charge in [0.2, 0.25) is 0 Å². The molecule has 0 atom stereocenters. The van der Waals surface area contributed by atoms with E-state index in [4.69, 9.17) is 4.98 Å². The van der Waals surface area contributed by atoms with Crippen LogP contribution in [-0.4, -0.2) is 20.4 Å². The Bertz CT molecular complexity index is 2200. The minimum absolute atomic E-state index is 0. The number of aliphatic hydroxyl groups is 1. The normalized spacial score (nSPS) is 12.2. The third kappa shape index (κ3) is 7.38. The van der Waals surface area contributed by atoms with Gasteiger partial charge in [0.05, 0.1) is 22.6 Å². The van der Waals surface area contributed by atoms with Crippen molar-refractivity contribution in [1.82, 2.24) is 9.55 Å². The molecule has 0 amide bonds. The van der Waals surface area contributed by atoms with Gasteiger partial charge in [-0.05, 0) is 54.4 Å². The summed E-state index contributed by atoms with van der Waals surface area (Å²) in [6.07, 6.45) is 4.91. The molecule has 1 aromatic heterocycles. The maximum absolute atomic E-state index is 11.7. The predicted molar refractivity (Wildman–Crippen MR) is 210 cm³/mol. The van der Waals surface area contributed by atoms with E-state index in [2.05, 4.69) is 128 Å². The molecule has 2 heterocycles. The number of nitrogens with zero attached hydrogens (tertiary/aromatic N) is 2. The molecule has 0 unspecified atom stereocenters. The molecule has 0 spiro atoms. The van der Waals surface area contributed by atoms with Gasteiger partial charge in [0.1, 0.15) is 0 Å². The van der Waals surface area contributed by atoms with E-state index in [0.29, 0.717) is 0 Å². The van der Waals surface area contributed by atoms with Crippen molar-refractivity contribution in [2.45, 2.75) is 79.6 Å².